The van der Waals surface area contributed by atoms with Gasteiger partial charge in [0.05, 0.1) is 9.26 Å². The lowest BCUT2D eigenvalue weighted by Gasteiger charge is -2.39. The lowest BCUT2D eigenvalue weighted by atomic mass is 9.96. The molecule has 2 unspecified atom stereocenters. The third kappa shape index (κ3) is 4.79. The van der Waals surface area contributed by atoms with Crippen LogP contribution in [0.4, 0.5) is 5.69 Å². The maximum absolute atomic E-state index is 12.2. The zero-order valence-corrected chi connectivity index (χ0v) is 17.4. The van der Waals surface area contributed by atoms with Crippen LogP contribution in [0.5, 0.6) is 0 Å². The molecule has 1 aliphatic rings. The van der Waals surface area contributed by atoms with Gasteiger partial charge in [-0.15, -0.1) is 23.7 Å². The Morgan fingerprint density at radius 1 is 1.37 bits per heavy atom. The summed E-state index contributed by atoms with van der Waals surface area (Å²) in [5.41, 5.74) is 1.67. The second kappa shape index (κ2) is 9.01. The molecule has 0 radical (unpaired) electrons. The minimum absolute atomic E-state index is 0. The van der Waals surface area contributed by atoms with Gasteiger partial charge in [0, 0.05) is 47.7 Å². The number of fused-ring (bicyclic) bond motifs is 1. The van der Waals surface area contributed by atoms with Crippen LogP contribution in [-0.2, 0) is 6.42 Å². The Balaban J connectivity index is 0.00000261. The fraction of sp³-hybridized carbons (Fsp3) is 0.389. The highest BCUT2D eigenvalue weighted by Crippen LogP contribution is 2.39. The average Bonchev–Trinajstić information content (AvgIpc) is 2.98. The first-order valence-electron chi connectivity index (χ1n) is 8.43. The van der Waals surface area contributed by atoms with Crippen LogP contribution in [0.3, 0.4) is 0 Å². The fourth-order valence-corrected chi connectivity index (χ4v) is 4.91. The van der Waals surface area contributed by atoms with Crippen LogP contribution >= 0.6 is 35.3 Å². The average molecular weight is 430 g/mol. The van der Waals surface area contributed by atoms with E-state index in [0.29, 0.717) is 18.2 Å². The number of hydrogen-bond donors (Lipinski definition) is 1. The van der Waals surface area contributed by atoms with Crippen LogP contribution in [0.2, 0.25) is 4.34 Å². The highest BCUT2D eigenvalue weighted by molar-refractivity contribution is 7.16. The summed E-state index contributed by atoms with van der Waals surface area (Å²) in [5.74, 6) is -0.225. The second-order valence-electron chi connectivity index (χ2n) is 6.46. The summed E-state index contributed by atoms with van der Waals surface area (Å²) >= 11 is 7.81. The highest BCUT2D eigenvalue weighted by atomic mass is 35.5. The Morgan fingerprint density at radius 2 is 2.04 bits per heavy atom. The minimum atomic E-state index is -0.480. The van der Waals surface area contributed by atoms with E-state index in [1.165, 1.54) is 34.7 Å². The van der Waals surface area contributed by atoms with Crippen LogP contribution in [-0.4, -0.2) is 34.9 Å². The third-order valence-corrected chi connectivity index (χ3v) is 6.10. The van der Waals surface area contributed by atoms with Gasteiger partial charge in [0.2, 0.25) is 0 Å². The highest BCUT2D eigenvalue weighted by Gasteiger charge is 2.30. The summed E-state index contributed by atoms with van der Waals surface area (Å²) in [5, 5.41) is 13.6. The van der Waals surface area contributed by atoms with Crippen molar-refractivity contribution in [3.63, 3.8) is 0 Å². The summed E-state index contributed by atoms with van der Waals surface area (Å²) in [6.07, 6.45) is 0.966. The predicted octanol–water partition coefficient (Wildman–Crippen LogP) is 4.47. The molecular formula is C18H21Cl2N3O3S. The Bertz CT molecular complexity index is 826. The van der Waals surface area contributed by atoms with Crippen LogP contribution in [0.25, 0.3) is 0 Å². The van der Waals surface area contributed by atoms with E-state index in [4.69, 9.17) is 11.6 Å². The summed E-state index contributed by atoms with van der Waals surface area (Å²) in [7, 11) is 0. The number of amides is 1. The van der Waals surface area contributed by atoms with Crippen molar-refractivity contribution in [1.82, 2.24) is 10.2 Å². The Hall–Kier alpha value is -1.67. The van der Waals surface area contributed by atoms with E-state index in [1.54, 1.807) is 11.3 Å². The minimum Gasteiger partial charge on any atom is -0.351 e. The maximum Gasteiger partial charge on any atom is 0.269 e. The fourth-order valence-electron chi connectivity index (χ4n) is 3.42. The predicted molar refractivity (Wildman–Crippen MR) is 110 cm³/mol. The number of halogens is 2. The molecule has 1 amide bonds. The quantitative estimate of drug-likeness (QED) is 0.561. The van der Waals surface area contributed by atoms with E-state index in [2.05, 4.69) is 24.1 Å². The van der Waals surface area contributed by atoms with Gasteiger partial charge in [0.15, 0.2) is 0 Å². The molecule has 0 fully saturated rings. The lowest BCUT2D eigenvalue weighted by molar-refractivity contribution is -0.384. The second-order valence-corrected chi connectivity index (χ2v) is 8.22. The molecule has 6 nitrogen and oxygen atoms in total. The van der Waals surface area contributed by atoms with Crippen LogP contribution < -0.4 is 5.32 Å². The maximum atomic E-state index is 12.2. The first-order valence-corrected chi connectivity index (χ1v) is 9.62. The van der Waals surface area contributed by atoms with Gasteiger partial charge >= 0.3 is 0 Å². The van der Waals surface area contributed by atoms with Gasteiger partial charge in [-0.3, -0.25) is 19.8 Å². The standard InChI is InChI=1S/C18H20ClN3O3S.ClH/c1-11-9-16-15(10-17(19)26-16)12(2)21(11)8-7-20-18(23)13-3-5-14(6-4-13)22(24)25;/h3-6,10-12H,7-9H2,1-2H3,(H,20,23);1H. The molecule has 0 aliphatic carbocycles. The van der Waals surface area contributed by atoms with Crippen molar-refractivity contribution in [2.45, 2.75) is 32.4 Å². The van der Waals surface area contributed by atoms with Gasteiger partial charge in [0.1, 0.15) is 0 Å². The molecule has 2 atom stereocenters. The summed E-state index contributed by atoms with van der Waals surface area (Å²) in [4.78, 5) is 26.1. The molecule has 2 aromatic rings. The number of hydrogen-bond acceptors (Lipinski definition) is 5. The molecule has 1 aliphatic heterocycles. The number of carbonyl (C=O) groups is 1. The molecule has 146 valence electrons. The van der Waals surface area contributed by atoms with E-state index < -0.39 is 4.92 Å². The Kier molecular flexibility index (Phi) is 7.22. The number of nitro benzene ring substituents is 1. The third-order valence-electron chi connectivity index (χ3n) is 4.80. The normalized spacial score (nSPS) is 19.1. The monoisotopic (exact) mass is 429 g/mol. The molecule has 3 rings (SSSR count). The number of non-ortho nitro benzene ring substituents is 1. The van der Waals surface area contributed by atoms with Gasteiger partial charge in [-0.25, -0.2) is 0 Å². The first kappa shape index (κ1) is 21.6. The summed E-state index contributed by atoms with van der Waals surface area (Å²) in [6, 6.07) is 8.30. The largest absolute Gasteiger partial charge is 0.351 e. The molecule has 2 heterocycles. The SMILES string of the molecule is CC1Cc2sc(Cl)cc2C(C)N1CCNC(=O)c1ccc([N+](=O)[O-])cc1.Cl. The van der Waals surface area contributed by atoms with Crippen molar-refractivity contribution < 1.29 is 9.72 Å². The van der Waals surface area contributed by atoms with Crippen molar-refractivity contribution in [2.75, 3.05) is 13.1 Å². The summed E-state index contributed by atoms with van der Waals surface area (Å²) < 4.78 is 0.822. The van der Waals surface area contributed by atoms with Crippen LogP contribution in [0, 0.1) is 10.1 Å². The number of rotatable bonds is 5. The lowest BCUT2D eigenvalue weighted by Crippen LogP contribution is -2.44. The van der Waals surface area contributed by atoms with Crippen molar-refractivity contribution in [2.24, 2.45) is 0 Å². The van der Waals surface area contributed by atoms with Gasteiger partial charge in [-0.1, -0.05) is 11.6 Å². The van der Waals surface area contributed by atoms with Gasteiger partial charge in [0.25, 0.3) is 11.6 Å². The topological polar surface area (TPSA) is 75.5 Å². The van der Waals surface area contributed by atoms with Crippen LogP contribution in [0.1, 0.15) is 40.7 Å². The van der Waals surface area contributed by atoms with E-state index >= 15 is 0 Å². The first-order chi connectivity index (χ1) is 12.4. The van der Waals surface area contributed by atoms with Crippen LogP contribution in [0.15, 0.2) is 30.3 Å². The van der Waals surface area contributed by atoms with E-state index in [-0.39, 0.29) is 30.0 Å². The van der Waals surface area contributed by atoms with Crippen molar-refractivity contribution in [3.8, 4) is 0 Å². The Morgan fingerprint density at radius 3 is 2.67 bits per heavy atom. The molecule has 0 bridgehead atoms. The number of nitrogens with zero attached hydrogens (tertiary/aromatic N) is 2. The van der Waals surface area contributed by atoms with E-state index in [0.717, 1.165) is 17.3 Å². The number of thiophene rings is 1. The molecule has 1 N–H and O–H groups in total. The van der Waals surface area contributed by atoms with Gasteiger partial charge in [-0.2, -0.15) is 0 Å². The molecular weight excluding hydrogens is 409 g/mol. The Labute approximate surface area is 173 Å². The van der Waals surface area contributed by atoms with Crippen molar-refractivity contribution in [3.05, 3.63) is 60.8 Å². The molecule has 0 saturated carbocycles. The number of nitro groups is 1. The van der Waals surface area contributed by atoms with Gasteiger partial charge in [-0.05, 0) is 44.0 Å². The number of nitrogens with one attached hydrogen (secondary N) is 1. The van der Waals surface area contributed by atoms with Crippen molar-refractivity contribution >= 4 is 46.9 Å². The van der Waals surface area contributed by atoms with E-state index in [9.17, 15) is 14.9 Å². The van der Waals surface area contributed by atoms with E-state index in [1.807, 2.05) is 6.07 Å². The smallest absolute Gasteiger partial charge is 0.269 e. The number of benzene rings is 1. The van der Waals surface area contributed by atoms with Crippen molar-refractivity contribution in [1.29, 1.82) is 0 Å². The zero-order chi connectivity index (χ0) is 18.8. The number of carbonyl (C=O) groups excluding carboxylic acids is 1. The molecule has 0 spiro atoms. The molecule has 0 saturated heterocycles. The summed E-state index contributed by atoms with van der Waals surface area (Å²) in [6.45, 7) is 5.59. The molecule has 27 heavy (non-hydrogen) atoms. The zero-order valence-electron chi connectivity index (χ0n) is 15.0. The molecule has 1 aromatic heterocycles. The molecule has 9 heteroatoms. The van der Waals surface area contributed by atoms with Gasteiger partial charge < -0.3 is 5.32 Å². The molecule has 1 aromatic carbocycles.